The lowest BCUT2D eigenvalue weighted by molar-refractivity contribution is -0.384. The molecule has 22 heavy (non-hydrogen) atoms. The molecule has 0 spiro atoms. The topological polar surface area (TPSA) is 81.5 Å². The Bertz CT molecular complexity index is 712. The number of nitrogens with one attached hydrogen (secondary N) is 1. The summed E-state index contributed by atoms with van der Waals surface area (Å²) in [7, 11) is 0. The minimum Gasteiger partial charge on any atom is -0.493 e. The fraction of sp³-hybridized carbons (Fsp3) is 0.188. The molecule has 1 amide bonds. The molecule has 1 unspecified atom stereocenters. The summed E-state index contributed by atoms with van der Waals surface area (Å²) in [4.78, 5) is 22.4. The Morgan fingerprint density at radius 1 is 1.18 bits per heavy atom. The van der Waals surface area contributed by atoms with Crippen LogP contribution in [-0.2, 0) is 0 Å². The highest BCUT2D eigenvalue weighted by Gasteiger charge is 2.23. The predicted molar refractivity (Wildman–Crippen MR) is 79.9 cm³/mol. The normalized spacial score (nSPS) is 16.3. The summed E-state index contributed by atoms with van der Waals surface area (Å²) in [6.07, 6.45) is 0.690. The lowest BCUT2D eigenvalue weighted by Crippen LogP contribution is -2.32. The fourth-order valence-corrected chi connectivity index (χ4v) is 2.47. The highest BCUT2D eigenvalue weighted by molar-refractivity contribution is 5.94. The number of nitro groups is 1. The zero-order valence-electron chi connectivity index (χ0n) is 11.7. The van der Waals surface area contributed by atoms with E-state index in [0.29, 0.717) is 18.6 Å². The van der Waals surface area contributed by atoms with E-state index in [9.17, 15) is 14.9 Å². The van der Waals surface area contributed by atoms with E-state index in [1.807, 2.05) is 24.3 Å². The van der Waals surface area contributed by atoms with Crippen LogP contribution >= 0.6 is 0 Å². The van der Waals surface area contributed by atoms with Gasteiger partial charge in [0.15, 0.2) is 0 Å². The van der Waals surface area contributed by atoms with Crippen molar-refractivity contribution < 1.29 is 14.5 Å². The van der Waals surface area contributed by atoms with Crippen LogP contribution in [-0.4, -0.2) is 17.4 Å². The van der Waals surface area contributed by atoms with E-state index in [1.54, 1.807) is 0 Å². The van der Waals surface area contributed by atoms with E-state index in [4.69, 9.17) is 4.74 Å². The van der Waals surface area contributed by atoms with Gasteiger partial charge >= 0.3 is 0 Å². The van der Waals surface area contributed by atoms with E-state index in [0.717, 1.165) is 11.3 Å². The SMILES string of the molecule is O=C(NC1CCOc2ccccc21)c1ccc([N+](=O)[O-])cc1. The van der Waals surface area contributed by atoms with Gasteiger partial charge in [0, 0.05) is 29.7 Å². The lowest BCUT2D eigenvalue weighted by atomic mass is 10.00. The second-order valence-electron chi connectivity index (χ2n) is 5.00. The number of amides is 1. The monoisotopic (exact) mass is 298 g/mol. The molecule has 1 heterocycles. The Labute approximate surface area is 126 Å². The first-order valence-corrected chi connectivity index (χ1v) is 6.92. The van der Waals surface area contributed by atoms with E-state index in [-0.39, 0.29) is 17.6 Å². The van der Waals surface area contributed by atoms with Gasteiger partial charge < -0.3 is 10.1 Å². The van der Waals surface area contributed by atoms with Gasteiger partial charge in [0.2, 0.25) is 0 Å². The Kier molecular flexibility index (Phi) is 3.74. The number of ether oxygens (including phenoxy) is 1. The summed E-state index contributed by atoms with van der Waals surface area (Å²) in [5.74, 6) is 0.527. The number of non-ortho nitro benzene ring substituents is 1. The van der Waals surface area contributed by atoms with Crippen molar-refractivity contribution in [3.05, 3.63) is 69.8 Å². The second kappa shape index (κ2) is 5.85. The molecule has 2 aromatic rings. The molecule has 0 radical (unpaired) electrons. The van der Waals surface area contributed by atoms with Crippen molar-refractivity contribution in [2.75, 3.05) is 6.61 Å². The van der Waals surface area contributed by atoms with Crippen molar-refractivity contribution in [2.24, 2.45) is 0 Å². The Morgan fingerprint density at radius 3 is 2.64 bits per heavy atom. The molecule has 3 rings (SSSR count). The molecule has 2 aromatic carbocycles. The van der Waals surface area contributed by atoms with Crippen LogP contribution < -0.4 is 10.1 Å². The molecule has 6 heteroatoms. The number of benzene rings is 2. The Balaban J connectivity index is 1.76. The van der Waals surface area contributed by atoms with Crippen LogP contribution in [0, 0.1) is 10.1 Å². The molecule has 0 saturated heterocycles. The summed E-state index contributed by atoms with van der Waals surface area (Å²) in [5.41, 5.74) is 1.31. The number of nitrogens with zero attached hydrogens (tertiary/aromatic N) is 1. The quantitative estimate of drug-likeness (QED) is 0.698. The number of fused-ring (bicyclic) bond motifs is 1. The maximum absolute atomic E-state index is 12.3. The number of rotatable bonds is 3. The molecule has 1 atom stereocenters. The van der Waals surface area contributed by atoms with Gasteiger partial charge in [-0.1, -0.05) is 18.2 Å². The highest BCUT2D eigenvalue weighted by atomic mass is 16.6. The third-order valence-corrected chi connectivity index (χ3v) is 3.60. The molecule has 0 saturated carbocycles. The first-order chi connectivity index (χ1) is 10.6. The van der Waals surface area contributed by atoms with Crippen molar-refractivity contribution >= 4 is 11.6 Å². The first kappa shape index (κ1) is 14.1. The van der Waals surface area contributed by atoms with Crippen LogP contribution in [0.2, 0.25) is 0 Å². The van der Waals surface area contributed by atoms with Crippen molar-refractivity contribution in [1.82, 2.24) is 5.32 Å². The van der Waals surface area contributed by atoms with Gasteiger partial charge in [-0.3, -0.25) is 14.9 Å². The molecular formula is C16H14N2O4. The fourth-order valence-electron chi connectivity index (χ4n) is 2.47. The van der Waals surface area contributed by atoms with E-state index >= 15 is 0 Å². The molecule has 112 valence electrons. The number of hydrogen-bond donors (Lipinski definition) is 1. The Hall–Kier alpha value is -2.89. The van der Waals surface area contributed by atoms with Crippen molar-refractivity contribution in [1.29, 1.82) is 0 Å². The Morgan fingerprint density at radius 2 is 1.91 bits per heavy atom. The molecule has 1 N–H and O–H groups in total. The maximum atomic E-state index is 12.3. The first-order valence-electron chi connectivity index (χ1n) is 6.92. The average Bonchev–Trinajstić information content (AvgIpc) is 2.55. The third-order valence-electron chi connectivity index (χ3n) is 3.60. The van der Waals surface area contributed by atoms with Gasteiger partial charge in [-0.2, -0.15) is 0 Å². The molecule has 6 nitrogen and oxygen atoms in total. The van der Waals surface area contributed by atoms with Gasteiger partial charge in [0.25, 0.3) is 11.6 Å². The molecule has 0 bridgehead atoms. The molecule has 0 fully saturated rings. The number of nitro benzene ring substituents is 1. The molecule has 1 aliphatic rings. The minimum atomic E-state index is -0.490. The summed E-state index contributed by atoms with van der Waals surface area (Å²) in [5, 5.41) is 13.6. The summed E-state index contributed by atoms with van der Waals surface area (Å²) >= 11 is 0. The number of para-hydroxylation sites is 1. The summed E-state index contributed by atoms with van der Waals surface area (Å²) < 4.78 is 5.56. The minimum absolute atomic E-state index is 0.0343. The smallest absolute Gasteiger partial charge is 0.269 e. The van der Waals surface area contributed by atoms with Crippen LogP contribution in [0.1, 0.15) is 28.4 Å². The molecular weight excluding hydrogens is 284 g/mol. The van der Waals surface area contributed by atoms with E-state index in [1.165, 1.54) is 24.3 Å². The number of carbonyl (C=O) groups excluding carboxylic acids is 1. The van der Waals surface area contributed by atoms with Crippen molar-refractivity contribution in [3.8, 4) is 5.75 Å². The molecule has 0 aromatic heterocycles. The number of carbonyl (C=O) groups is 1. The van der Waals surface area contributed by atoms with Gasteiger partial charge in [-0.05, 0) is 18.2 Å². The van der Waals surface area contributed by atoms with E-state index in [2.05, 4.69) is 5.32 Å². The zero-order valence-corrected chi connectivity index (χ0v) is 11.7. The van der Waals surface area contributed by atoms with Gasteiger partial charge in [-0.25, -0.2) is 0 Å². The molecule has 1 aliphatic heterocycles. The van der Waals surface area contributed by atoms with Crippen LogP contribution in [0.4, 0.5) is 5.69 Å². The van der Waals surface area contributed by atoms with Crippen LogP contribution in [0.5, 0.6) is 5.75 Å². The third kappa shape index (κ3) is 2.76. The maximum Gasteiger partial charge on any atom is 0.269 e. The van der Waals surface area contributed by atoms with Crippen LogP contribution in [0.15, 0.2) is 48.5 Å². The van der Waals surface area contributed by atoms with E-state index < -0.39 is 4.92 Å². The largest absolute Gasteiger partial charge is 0.493 e. The molecule has 0 aliphatic carbocycles. The van der Waals surface area contributed by atoms with Gasteiger partial charge in [0.05, 0.1) is 17.6 Å². The lowest BCUT2D eigenvalue weighted by Gasteiger charge is -2.26. The average molecular weight is 298 g/mol. The second-order valence-corrected chi connectivity index (χ2v) is 5.00. The van der Waals surface area contributed by atoms with Crippen LogP contribution in [0.25, 0.3) is 0 Å². The van der Waals surface area contributed by atoms with Crippen LogP contribution in [0.3, 0.4) is 0 Å². The standard InChI is InChI=1S/C16H14N2O4/c19-16(11-5-7-12(8-6-11)18(20)21)17-14-9-10-22-15-4-2-1-3-13(14)15/h1-8,14H,9-10H2,(H,17,19). The van der Waals surface area contributed by atoms with Gasteiger partial charge in [0.1, 0.15) is 5.75 Å². The van der Waals surface area contributed by atoms with Crippen molar-refractivity contribution in [3.63, 3.8) is 0 Å². The summed E-state index contributed by atoms with van der Waals surface area (Å²) in [6.45, 7) is 0.544. The zero-order chi connectivity index (χ0) is 15.5. The summed E-state index contributed by atoms with van der Waals surface area (Å²) in [6, 6.07) is 13.0. The predicted octanol–water partition coefficient (Wildman–Crippen LogP) is 2.85. The highest BCUT2D eigenvalue weighted by Crippen LogP contribution is 2.31. The number of hydrogen-bond acceptors (Lipinski definition) is 4. The van der Waals surface area contributed by atoms with Crippen molar-refractivity contribution in [2.45, 2.75) is 12.5 Å². The van der Waals surface area contributed by atoms with Gasteiger partial charge in [-0.15, -0.1) is 0 Å².